The second-order valence-electron chi connectivity index (χ2n) is 14.1. The van der Waals surface area contributed by atoms with Crippen LogP contribution in [0.5, 0.6) is 0 Å². The van der Waals surface area contributed by atoms with Crippen molar-refractivity contribution in [3.05, 3.63) is 224 Å². The summed E-state index contributed by atoms with van der Waals surface area (Å²) in [5, 5.41) is 7.51. The third kappa shape index (κ3) is 6.02. The van der Waals surface area contributed by atoms with Crippen molar-refractivity contribution in [2.24, 2.45) is 0 Å². The minimum absolute atomic E-state index is 1.09. The first-order valence-electron chi connectivity index (χ1n) is 18.9. The van der Waals surface area contributed by atoms with E-state index in [1.165, 1.54) is 71.3 Å². The maximum Gasteiger partial charge on any atom is 0.0546 e. The molecule has 0 saturated heterocycles. The predicted octanol–water partition coefficient (Wildman–Crippen LogP) is 15.3. The zero-order valence-electron chi connectivity index (χ0n) is 30.3. The molecule has 0 bridgehead atoms. The van der Waals surface area contributed by atoms with E-state index in [-0.39, 0.29) is 0 Å². The Morgan fingerprint density at radius 2 is 0.764 bits per heavy atom. The zero-order valence-corrected chi connectivity index (χ0v) is 30.3. The number of hydrogen-bond acceptors (Lipinski definition) is 1. The van der Waals surface area contributed by atoms with Crippen molar-refractivity contribution in [1.29, 1.82) is 0 Å². The van der Waals surface area contributed by atoms with E-state index in [2.05, 4.69) is 229 Å². The Morgan fingerprint density at radius 3 is 1.49 bits per heavy atom. The van der Waals surface area contributed by atoms with Crippen molar-refractivity contribution in [3.8, 4) is 44.5 Å². The van der Waals surface area contributed by atoms with Crippen molar-refractivity contribution in [2.45, 2.75) is 0 Å². The minimum Gasteiger partial charge on any atom is -0.310 e. The van der Waals surface area contributed by atoms with Crippen LogP contribution >= 0.6 is 0 Å². The van der Waals surface area contributed by atoms with Gasteiger partial charge in [-0.3, -0.25) is 0 Å². The SMILES string of the molecule is c1ccc(-c2ccc(-c3ccccc3)c(N(c3cccc(-c4cccc5ccccc45)c3)c3cccc(-c4cc5ccccc5c5ccccc45)c3)c2)cc1. The molecule has 0 atom stereocenters. The number of benzene rings is 10. The average Bonchev–Trinajstić information content (AvgIpc) is 3.27. The second kappa shape index (κ2) is 14.0. The molecule has 0 aliphatic carbocycles. The summed E-state index contributed by atoms with van der Waals surface area (Å²) in [5.41, 5.74) is 12.8. The first-order valence-corrected chi connectivity index (χ1v) is 18.9. The average molecular weight is 700 g/mol. The summed E-state index contributed by atoms with van der Waals surface area (Å²) in [6.45, 7) is 0. The fourth-order valence-electron chi connectivity index (χ4n) is 8.21. The molecule has 0 aliphatic rings. The van der Waals surface area contributed by atoms with Gasteiger partial charge in [-0.05, 0) is 108 Å². The van der Waals surface area contributed by atoms with Crippen molar-refractivity contribution >= 4 is 49.4 Å². The minimum atomic E-state index is 1.09. The van der Waals surface area contributed by atoms with Crippen LogP contribution in [0, 0.1) is 0 Å². The zero-order chi connectivity index (χ0) is 36.6. The maximum atomic E-state index is 2.45. The highest BCUT2D eigenvalue weighted by atomic mass is 15.1. The van der Waals surface area contributed by atoms with Gasteiger partial charge in [0.1, 0.15) is 0 Å². The standard InChI is InChI=1S/C54H37N/c1-3-16-38(17-4-1)41-32-33-50(40-18-5-2-6-19-40)54(37-41)55(45-25-13-23-42(34-45)48-31-15-22-39-20-7-9-27-47(39)48)46-26-14-24-43(35-46)53-36-44-21-8-10-28-49(44)51-29-11-12-30-52(51)53/h1-37H. The van der Waals surface area contributed by atoms with E-state index in [4.69, 9.17) is 0 Å². The molecular formula is C54H37N. The summed E-state index contributed by atoms with van der Waals surface area (Å²) in [4.78, 5) is 2.45. The van der Waals surface area contributed by atoms with Gasteiger partial charge in [0, 0.05) is 16.9 Å². The normalized spacial score (nSPS) is 11.3. The van der Waals surface area contributed by atoms with Gasteiger partial charge in [0.25, 0.3) is 0 Å². The summed E-state index contributed by atoms with van der Waals surface area (Å²) >= 11 is 0. The fourth-order valence-corrected chi connectivity index (χ4v) is 8.21. The fraction of sp³-hybridized carbons (Fsp3) is 0. The van der Waals surface area contributed by atoms with Gasteiger partial charge in [-0.1, -0.05) is 188 Å². The van der Waals surface area contributed by atoms with Crippen molar-refractivity contribution < 1.29 is 0 Å². The van der Waals surface area contributed by atoms with Gasteiger partial charge >= 0.3 is 0 Å². The summed E-state index contributed by atoms with van der Waals surface area (Å²) < 4.78 is 0. The number of hydrogen-bond donors (Lipinski definition) is 0. The first-order chi connectivity index (χ1) is 27.3. The van der Waals surface area contributed by atoms with Crippen LogP contribution in [0.1, 0.15) is 0 Å². The van der Waals surface area contributed by atoms with Gasteiger partial charge in [-0.2, -0.15) is 0 Å². The lowest BCUT2D eigenvalue weighted by Gasteiger charge is -2.29. The molecule has 10 aromatic carbocycles. The van der Waals surface area contributed by atoms with Gasteiger partial charge in [-0.25, -0.2) is 0 Å². The lowest BCUT2D eigenvalue weighted by Crippen LogP contribution is -2.12. The molecule has 0 fully saturated rings. The molecule has 1 nitrogen and oxygen atoms in total. The molecule has 0 radical (unpaired) electrons. The van der Waals surface area contributed by atoms with Gasteiger partial charge in [0.15, 0.2) is 0 Å². The van der Waals surface area contributed by atoms with E-state index in [1.54, 1.807) is 0 Å². The van der Waals surface area contributed by atoms with E-state index in [0.717, 1.165) is 22.6 Å². The van der Waals surface area contributed by atoms with Crippen molar-refractivity contribution in [2.75, 3.05) is 4.90 Å². The summed E-state index contributed by atoms with van der Waals surface area (Å²) in [7, 11) is 0. The van der Waals surface area contributed by atoms with Crippen LogP contribution in [0.25, 0.3) is 76.8 Å². The summed E-state index contributed by atoms with van der Waals surface area (Å²) in [6, 6.07) is 81.6. The van der Waals surface area contributed by atoms with E-state index in [0.29, 0.717) is 0 Å². The van der Waals surface area contributed by atoms with Crippen LogP contribution < -0.4 is 4.90 Å². The number of anilines is 3. The lowest BCUT2D eigenvalue weighted by molar-refractivity contribution is 1.28. The third-order valence-electron chi connectivity index (χ3n) is 10.8. The highest BCUT2D eigenvalue weighted by molar-refractivity contribution is 6.14. The molecular weight excluding hydrogens is 663 g/mol. The summed E-state index contributed by atoms with van der Waals surface area (Å²) in [6.07, 6.45) is 0. The van der Waals surface area contributed by atoms with Crippen LogP contribution in [0.2, 0.25) is 0 Å². The topological polar surface area (TPSA) is 3.24 Å². The molecule has 1 heteroatoms. The van der Waals surface area contributed by atoms with Crippen LogP contribution in [0.3, 0.4) is 0 Å². The molecule has 0 aliphatic heterocycles. The Bertz CT molecular complexity index is 2980. The summed E-state index contributed by atoms with van der Waals surface area (Å²) in [5.74, 6) is 0. The molecule has 0 aromatic heterocycles. The Balaban J connectivity index is 1.23. The van der Waals surface area contributed by atoms with Crippen LogP contribution in [-0.4, -0.2) is 0 Å². The van der Waals surface area contributed by atoms with E-state index in [9.17, 15) is 0 Å². The highest BCUT2D eigenvalue weighted by Crippen LogP contribution is 2.45. The Labute approximate surface area is 322 Å². The molecule has 0 spiro atoms. The molecule has 10 aromatic rings. The monoisotopic (exact) mass is 699 g/mol. The largest absolute Gasteiger partial charge is 0.310 e. The van der Waals surface area contributed by atoms with E-state index in [1.807, 2.05) is 0 Å². The molecule has 10 rings (SSSR count). The quantitative estimate of drug-likeness (QED) is 0.150. The van der Waals surface area contributed by atoms with Gasteiger partial charge in [0.2, 0.25) is 0 Å². The van der Waals surface area contributed by atoms with Crippen molar-refractivity contribution in [3.63, 3.8) is 0 Å². The van der Waals surface area contributed by atoms with Gasteiger partial charge in [0.05, 0.1) is 5.69 Å². The van der Waals surface area contributed by atoms with E-state index < -0.39 is 0 Å². The van der Waals surface area contributed by atoms with Crippen molar-refractivity contribution in [1.82, 2.24) is 0 Å². The molecule has 258 valence electrons. The highest BCUT2D eigenvalue weighted by Gasteiger charge is 2.21. The lowest BCUT2D eigenvalue weighted by atomic mass is 9.92. The molecule has 0 amide bonds. The molecule has 0 unspecified atom stereocenters. The Kier molecular flexibility index (Phi) is 8.24. The van der Waals surface area contributed by atoms with E-state index >= 15 is 0 Å². The van der Waals surface area contributed by atoms with Gasteiger partial charge < -0.3 is 4.90 Å². The molecule has 0 heterocycles. The third-order valence-corrected chi connectivity index (χ3v) is 10.8. The number of fused-ring (bicyclic) bond motifs is 4. The first kappa shape index (κ1) is 32.4. The number of nitrogens with zero attached hydrogens (tertiary/aromatic N) is 1. The van der Waals surface area contributed by atoms with Gasteiger partial charge in [-0.15, -0.1) is 0 Å². The molecule has 0 N–H and O–H groups in total. The van der Waals surface area contributed by atoms with Crippen LogP contribution in [0.4, 0.5) is 17.1 Å². The van der Waals surface area contributed by atoms with Crippen LogP contribution in [-0.2, 0) is 0 Å². The number of rotatable bonds is 7. The second-order valence-corrected chi connectivity index (χ2v) is 14.1. The Hall–Kier alpha value is -7.22. The smallest absolute Gasteiger partial charge is 0.0546 e. The molecule has 55 heavy (non-hydrogen) atoms. The molecule has 0 saturated carbocycles. The Morgan fingerprint density at radius 1 is 0.236 bits per heavy atom. The van der Waals surface area contributed by atoms with Crippen LogP contribution in [0.15, 0.2) is 224 Å². The predicted molar refractivity (Wildman–Crippen MR) is 235 cm³/mol. The maximum absolute atomic E-state index is 2.45.